The smallest absolute Gasteiger partial charge is 0.184 e. The maximum Gasteiger partial charge on any atom is 0.184 e. The highest BCUT2D eigenvalue weighted by atomic mass is 79.9. The first-order valence-electron chi connectivity index (χ1n) is 5.92. The van der Waals surface area contributed by atoms with E-state index in [0.29, 0.717) is 12.0 Å². The van der Waals surface area contributed by atoms with Crippen LogP contribution in [0.25, 0.3) is 10.2 Å². The van der Waals surface area contributed by atoms with Crippen LogP contribution in [0, 0.1) is 5.92 Å². The van der Waals surface area contributed by atoms with Crippen LogP contribution >= 0.6 is 27.3 Å². The third kappa shape index (κ3) is 2.99. The second-order valence-corrected chi connectivity index (χ2v) is 6.40. The number of hydrogen-bond acceptors (Lipinski definition) is 3. The number of hydrogen-bond donors (Lipinski definition) is 1. The van der Waals surface area contributed by atoms with Crippen LogP contribution in [0.1, 0.15) is 27.2 Å². The molecular weight excluding hydrogens is 296 g/mol. The van der Waals surface area contributed by atoms with Crippen LogP contribution in [0.5, 0.6) is 0 Å². The van der Waals surface area contributed by atoms with Crippen LogP contribution in [0.15, 0.2) is 22.7 Å². The molecule has 0 spiro atoms. The van der Waals surface area contributed by atoms with Gasteiger partial charge >= 0.3 is 0 Å². The Morgan fingerprint density at radius 1 is 1.41 bits per heavy atom. The number of thiazole rings is 1. The lowest BCUT2D eigenvalue weighted by Gasteiger charge is -2.18. The monoisotopic (exact) mass is 312 g/mol. The zero-order valence-electron chi connectivity index (χ0n) is 10.3. The lowest BCUT2D eigenvalue weighted by atomic mass is 10.0. The van der Waals surface area contributed by atoms with Crippen molar-refractivity contribution in [2.24, 2.45) is 5.92 Å². The van der Waals surface area contributed by atoms with Gasteiger partial charge in [0.2, 0.25) is 0 Å². The largest absolute Gasteiger partial charge is 0.359 e. The lowest BCUT2D eigenvalue weighted by Crippen LogP contribution is -2.22. The van der Waals surface area contributed by atoms with E-state index in [1.165, 1.54) is 11.1 Å². The summed E-state index contributed by atoms with van der Waals surface area (Å²) in [5.41, 5.74) is 1.06. The Morgan fingerprint density at radius 3 is 2.88 bits per heavy atom. The van der Waals surface area contributed by atoms with Crippen molar-refractivity contribution in [3.05, 3.63) is 22.7 Å². The van der Waals surface area contributed by atoms with Crippen molar-refractivity contribution in [3.63, 3.8) is 0 Å². The number of fused-ring (bicyclic) bond motifs is 1. The van der Waals surface area contributed by atoms with E-state index in [9.17, 15) is 0 Å². The highest BCUT2D eigenvalue weighted by molar-refractivity contribution is 9.10. The maximum atomic E-state index is 4.61. The zero-order valence-corrected chi connectivity index (χ0v) is 12.7. The zero-order chi connectivity index (χ0) is 12.4. The van der Waals surface area contributed by atoms with E-state index < -0.39 is 0 Å². The summed E-state index contributed by atoms with van der Waals surface area (Å²) in [5, 5.41) is 4.51. The van der Waals surface area contributed by atoms with Crippen molar-refractivity contribution < 1.29 is 0 Å². The van der Waals surface area contributed by atoms with E-state index >= 15 is 0 Å². The summed E-state index contributed by atoms with van der Waals surface area (Å²) in [6.45, 7) is 6.70. The van der Waals surface area contributed by atoms with Gasteiger partial charge in [0, 0.05) is 10.5 Å². The molecule has 2 rings (SSSR count). The molecule has 0 aliphatic carbocycles. The third-order valence-corrected chi connectivity index (χ3v) is 4.66. The Hall–Kier alpha value is -0.610. The molecule has 1 heterocycles. The minimum atomic E-state index is 0.462. The second-order valence-electron chi connectivity index (χ2n) is 4.45. The summed E-state index contributed by atoms with van der Waals surface area (Å²) < 4.78 is 2.31. The molecule has 0 saturated heterocycles. The maximum absolute atomic E-state index is 4.61. The normalized spacial score (nSPS) is 14.8. The predicted molar refractivity (Wildman–Crippen MR) is 79.9 cm³/mol. The van der Waals surface area contributed by atoms with Crippen molar-refractivity contribution in [1.29, 1.82) is 0 Å². The van der Waals surface area contributed by atoms with Crippen LogP contribution in [0.2, 0.25) is 0 Å². The minimum absolute atomic E-state index is 0.462. The van der Waals surface area contributed by atoms with Gasteiger partial charge in [0.15, 0.2) is 5.13 Å². The van der Waals surface area contributed by atoms with Gasteiger partial charge in [0.25, 0.3) is 0 Å². The van der Waals surface area contributed by atoms with Crippen molar-refractivity contribution in [3.8, 4) is 0 Å². The molecule has 1 aromatic carbocycles. The van der Waals surface area contributed by atoms with E-state index in [1.54, 1.807) is 11.3 Å². The van der Waals surface area contributed by atoms with Crippen LogP contribution in [0.4, 0.5) is 5.13 Å². The topological polar surface area (TPSA) is 24.9 Å². The molecule has 2 aromatic rings. The fraction of sp³-hybridized carbons (Fsp3) is 0.462. The molecule has 0 fully saturated rings. The van der Waals surface area contributed by atoms with Gasteiger partial charge in [-0.1, -0.05) is 47.5 Å². The van der Waals surface area contributed by atoms with Crippen molar-refractivity contribution in [2.75, 3.05) is 5.32 Å². The first kappa shape index (κ1) is 12.8. The van der Waals surface area contributed by atoms with E-state index in [-0.39, 0.29) is 0 Å². The van der Waals surface area contributed by atoms with Crippen LogP contribution in [0.3, 0.4) is 0 Å². The van der Waals surface area contributed by atoms with Gasteiger partial charge in [0.05, 0.1) is 10.2 Å². The van der Waals surface area contributed by atoms with Crippen LogP contribution in [-0.4, -0.2) is 11.0 Å². The Labute approximate surface area is 115 Å². The molecule has 0 bridgehead atoms. The average Bonchev–Trinajstić information content (AvgIpc) is 2.69. The molecule has 4 heteroatoms. The van der Waals surface area contributed by atoms with Crippen LogP contribution < -0.4 is 5.32 Å². The Balaban J connectivity index is 2.19. The summed E-state index contributed by atoms with van der Waals surface area (Å²) in [6.07, 6.45) is 1.19. The Bertz CT molecular complexity index is 509. The molecule has 2 atom stereocenters. The summed E-state index contributed by atoms with van der Waals surface area (Å²) in [6, 6.07) is 6.69. The average molecular weight is 313 g/mol. The highest BCUT2D eigenvalue weighted by Crippen LogP contribution is 2.29. The van der Waals surface area contributed by atoms with E-state index in [1.807, 2.05) is 0 Å². The molecule has 17 heavy (non-hydrogen) atoms. The van der Waals surface area contributed by atoms with Gasteiger partial charge in [-0.3, -0.25) is 0 Å². The molecule has 1 N–H and O–H groups in total. The molecule has 2 unspecified atom stereocenters. The summed E-state index contributed by atoms with van der Waals surface area (Å²) in [7, 11) is 0. The number of nitrogens with zero attached hydrogens (tertiary/aromatic N) is 1. The third-order valence-electron chi connectivity index (χ3n) is 3.20. The van der Waals surface area contributed by atoms with Gasteiger partial charge in [-0.15, -0.1) is 0 Å². The molecule has 0 amide bonds. The minimum Gasteiger partial charge on any atom is -0.359 e. The predicted octanol–water partition coefficient (Wildman–Crippen LogP) is 4.91. The molecule has 0 saturated carbocycles. The molecule has 1 aromatic heterocycles. The van der Waals surface area contributed by atoms with Crippen molar-refractivity contribution >= 4 is 42.6 Å². The standard InChI is InChI=1S/C13H17BrN2S/c1-4-8(2)9(3)15-13-16-11-7-10(14)5-6-12(11)17-13/h5-9H,4H2,1-3H3,(H,15,16). The van der Waals surface area contributed by atoms with Gasteiger partial charge in [-0.05, 0) is 31.0 Å². The SMILES string of the molecule is CCC(C)C(C)Nc1nc2cc(Br)ccc2s1. The van der Waals surface area contributed by atoms with E-state index in [0.717, 1.165) is 15.1 Å². The first-order valence-corrected chi connectivity index (χ1v) is 7.53. The number of nitrogens with one attached hydrogen (secondary N) is 1. The molecule has 92 valence electrons. The fourth-order valence-corrected chi connectivity index (χ4v) is 2.94. The lowest BCUT2D eigenvalue weighted by molar-refractivity contribution is 0.494. The van der Waals surface area contributed by atoms with Gasteiger partial charge in [-0.25, -0.2) is 4.98 Å². The summed E-state index contributed by atoms with van der Waals surface area (Å²) >= 11 is 5.19. The molecule has 0 aliphatic heterocycles. The van der Waals surface area contributed by atoms with Crippen LogP contribution in [-0.2, 0) is 0 Å². The molecule has 0 radical (unpaired) electrons. The number of rotatable bonds is 4. The highest BCUT2D eigenvalue weighted by Gasteiger charge is 2.12. The van der Waals surface area contributed by atoms with Gasteiger partial charge < -0.3 is 5.32 Å². The number of benzene rings is 1. The number of aromatic nitrogens is 1. The second kappa shape index (κ2) is 5.36. The number of halogens is 1. The van der Waals surface area contributed by atoms with Gasteiger partial charge in [0.1, 0.15) is 0 Å². The first-order chi connectivity index (χ1) is 8.10. The van der Waals surface area contributed by atoms with Crippen molar-refractivity contribution in [2.45, 2.75) is 33.2 Å². The molecule has 0 aliphatic rings. The fourth-order valence-electron chi connectivity index (χ4n) is 1.65. The summed E-state index contributed by atoms with van der Waals surface area (Å²) in [5.74, 6) is 0.661. The van der Waals surface area contributed by atoms with E-state index in [2.05, 4.69) is 65.2 Å². The van der Waals surface area contributed by atoms with E-state index in [4.69, 9.17) is 0 Å². The number of anilines is 1. The Morgan fingerprint density at radius 2 is 2.18 bits per heavy atom. The molecular formula is C13H17BrN2S. The van der Waals surface area contributed by atoms with Crippen molar-refractivity contribution in [1.82, 2.24) is 4.98 Å². The quantitative estimate of drug-likeness (QED) is 0.868. The van der Waals surface area contributed by atoms with Gasteiger partial charge in [-0.2, -0.15) is 0 Å². The summed E-state index contributed by atoms with van der Waals surface area (Å²) in [4.78, 5) is 4.61. The molecule has 2 nitrogen and oxygen atoms in total. The Kier molecular flexibility index (Phi) is 4.05.